The van der Waals surface area contributed by atoms with E-state index in [0.29, 0.717) is 12.1 Å². The smallest absolute Gasteiger partial charge is 0.349 e. The second-order valence-electron chi connectivity index (χ2n) is 5.45. The average Bonchev–Trinajstić information content (AvgIpc) is 3.01. The first-order valence-corrected chi connectivity index (χ1v) is 9.04. The third-order valence-electron chi connectivity index (χ3n) is 3.67. The van der Waals surface area contributed by atoms with Gasteiger partial charge in [0.1, 0.15) is 6.10 Å². The van der Waals surface area contributed by atoms with Gasteiger partial charge in [-0.25, -0.2) is 4.79 Å². The first kappa shape index (κ1) is 18.2. The summed E-state index contributed by atoms with van der Waals surface area (Å²) >= 11 is 0. The molecule has 0 aliphatic carbocycles. The molecule has 0 aromatic heterocycles. The lowest BCUT2D eigenvalue weighted by Gasteiger charge is -2.22. The van der Waals surface area contributed by atoms with E-state index in [2.05, 4.69) is 17.0 Å². The molecule has 0 amide bonds. The average molecular weight is 349 g/mol. The molecule has 24 heavy (non-hydrogen) atoms. The maximum Gasteiger partial charge on any atom is 0.349 e. The third-order valence-corrected chi connectivity index (χ3v) is 4.97. The van der Waals surface area contributed by atoms with E-state index >= 15 is 0 Å². The predicted molar refractivity (Wildman–Crippen MR) is 90.9 cm³/mol. The summed E-state index contributed by atoms with van der Waals surface area (Å²) in [6.45, 7) is 1.98. The van der Waals surface area contributed by atoms with Crippen LogP contribution < -0.4 is 0 Å². The van der Waals surface area contributed by atoms with E-state index in [1.807, 2.05) is 31.2 Å². The molecule has 3 unspecified atom stereocenters. The van der Waals surface area contributed by atoms with E-state index in [-0.39, 0.29) is 6.42 Å². The number of hydrogen-bond donors (Lipinski definition) is 2. The van der Waals surface area contributed by atoms with Crippen molar-refractivity contribution in [1.82, 2.24) is 0 Å². The van der Waals surface area contributed by atoms with Gasteiger partial charge < -0.3 is 15.1 Å². The van der Waals surface area contributed by atoms with Crippen LogP contribution in [0.4, 0.5) is 0 Å². The van der Waals surface area contributed by atoms with E-state index < -0.39 is 27.8 Å². The summed E-state index contributed by atoms with van der Waals surface area (Å²) in [6, 6.07) is 7.49. The fraction of sp³-hybridized carbons (Fsp3) is 0.412. The Kier molecular flexibility index (Phi) is 5.75. The standard InChI is InChI=1S/C17H19NO5S/c1-3-4-5-12-6-8-13(9-7-12)15-10-14(23-18-15)11-17(21,16(19)20)24(2)22/h6-9,14,21H,3,10-11H2,1-2H3,(H,19,20). The summed E-state index contributed by atoms with van der Waals surface area (Å²) in [5.74, 6) is 4.49. The van der Waals surface area contributed by atoms with Crippen molar-refractivity contribution in [2.75, 3.05) is 6.26 Å². The minimum Gasteiger partial charge on any atom is -0.478 e. The minimum atomic E-state index is -2.34. The van der Waals surface area contributed by atoms with Gasteiger partial charge in [0.05, 0.1) is 16.5 Å². The van der Waals surface area contributed by atoms with Crippen molar-refractivity contribution in [1.29, 1.82) is 0 Å². The number of hydrogen-bond acceptors (Lipinski definition) is 5. The number of aliphatic hydroxyl groups is 1. The highest BCUT2D eigenvalue weighted by Crippen LogP contribution is 2.26. The summed E-state index contributed by atoms with van der Waals surface area (Å²) in [5.41, 5.74) is 2.40. The summed E-state index contributed by atoms with van der Waals surface area (Å²) in [4.78, 5) is 14.1. The van der Waals surface area contributed by atoms with Gasteiger partial charge in [-0.3, -0.25) is 4.21 Å². The number of nitrogens with zero attached hydrogens (tertiary/aromatic N) is 1. The highest BCUT2D eigenvalue weighted by molar-refractivity contribution is 7.86. The van der Waals surface area contributed by atoms with Gasteiger partial charge in [0.15, 0.2) is 0 Å². The molecule has 0 spiro atoms. The molecule has 7 heteroatoms. The van der Waals surface area contributed by atoms with Crippen molar-refractivity contribution in [3.8, 4) is 11.8 Å². The molecule has 0 bridgehead atoms. The van der Waals surface area contributed by atoms with Crippen LogP contribution in [0, 0.1) is 11.8 Å². The number of carboxylic acids is 1. The first-order valence-electron chi connectivity index (χ1n) is 7.48. The Labute approximate surface area is 143 Å². The molecule has 2 N–H and O–H groups in total. The van der Waals surface area contributed by atoms with Gasteiger partial charge in [-0.05, 0) is 17.7 Å². The summed E-state index contributed by atoms with van der Waals surface area (Å²) < 4.78 is 11.5. The highest BCUT2D eigenvalue weighted by Gasteiger charge is 2.44. The SMILES string of the molecule is CCC#Cc1ccc(C2=NOC(CC(O)(C(=O)O)S(C)=O)C2)cc1. The highest BCUT2D eigenvalue weighted by atomic mass is 32.2. The van der Waals surface area contributed by atoms with Crippen molar-refractivity contribution in [3.05, 3.63) is 35.4 Å². The third kappa shape index (κ3) is 4.02. The number of oxime groups is 1. The quantitative estimate of drug-likeness (QED) is 0.785. The molecule has 1 aliphatic rings. The van der Waals surface area contributed by atoms with E-state index in [0.717, 1.165) is 23.8 Å². The zero-order chi connectivity index (χ0) is 17.7. The normalized spacial score (nSPS) is 20.1. The number of aliphatic carboxylic acids is 1. The van der Waals surface area contributed by atoms with Crippen LogP contribution in [0.25, 0.3) is 0 Å². The molecule has 0 radical (unpaired) electrons. The Bertz CT molecular complexity index is 716. The molecule has 3 atom stereocenters. The Balaban J connectivity index is 2.04. The summed E-state index contributed by atoms with van der Waals surface area (Å²) in [6.07, 6.45) is 1.35. The van der Waals surface area contributed by atoms with E-state index in [4.69, 9.17) is 9.94 Å². The number of carboxylic acid groups (broad SMARTS) is 1. The Morgan fingerprint density at radius 2 is 2.12 bits per heavy atom. The van der Waals surface area contributed by atoms with Crippen molar-refractivity contribution in [2.45, 2.75) is 37.2 Å². The Morgan fingerprint density at radius 3 is 2.67 bits per heavy atom. The zero-order valence-corrected chi connectivity index (χ0v) is 14.3. The monoisotopic (exact) mass is 349 g/mol. The van der Waals surface area contributed by atoms with Crippen molar-refractivity contribution < 1.29 is 24.1 Å². The second kappa shape index (κ2) is 7.60. The first-order chi connectivity index (χ1) is 11.4. The molecule has 2 rings (SSSR count). The second-order valence-corrected chi connectivity index (χ2v) is 7.03. The Hall–Kier alpha value is -2.17. The number of benzene rings is 1. The van der Waals surface area contributed by atoms with E-state index in [1.165, 1.54) is 0 Å². The molecule has 0 fully saturated rings. The fourth-order valence-electron chi connectivity index (χ4n) is 2.28. The van der Waals surface area contributed by atoms with Gasteiger partial charge in [0.25, 0.3) is 0 Å². The fourth-order valence-corrected chi connectivity index (χ4v) is 2.95. The van der Waals surface area contributed by atoms with Crippen LogP contribution in [0.2, 0.25) is 0 Å². The zero-order valence-electron chi connectivity index (χ0n) is 13.5. The van der Waals surface area contributed by atoms with E-state index in [9.17, 15) is 14.1 Å². The molecule has 1 aromatic rings. The molecular formula is C17H19NO5S. The predicted octanol–water partition coefficient (Wildman–Crippen LogP) is 1.48. The van der Waals surface area contributed by atoms with Crippen LogP contribution in [-0.2, 0) is 20.4 Å². The molecule has 128 valence electrons. The molecule has 1 heterocycles. The Morgan fingerprint density at radius 1 is 1.46 bits per heavy atom. The van der Waals surface area contributed by atoms with E-state index in [1.54, 1.807) is 0 Å². The molecular weight excluding hydrogens is 330 g/mol. The van der Waals surface area contributed by atoms with Gasteiger partial charge in [0.2, 0.25) is 4.93 Å². The van der Waals surface area contributed by atoms with Crippen molar-refractivity contribution >= 4 is 22.5 Å². The largest absolute Gasteiger partial charge is 0.478 e. The van der Waals surface area contributed by atoms with Gasteiger partial charge >= 0.3 is 5.97 Å². The van der Waals surface area contributed by atoms with Gasteiger partial charge in [-0.1, -0.05) is 36.1 Å². The lowest BCUT2D eigenvalue weighted by Crippen LogP contribution is -2.45. The molecule has 1 aliphatic heterocycles. The van der Waals surface area contributed by atoms with Crippen molar-refractivity contribution in [2.24, 2.45) is 5.16 Å². The van der Waals surface area contributed by atoms with Crippen LogP contribution in [0.1, 0.15) is 37.3 Å². The van der Waals surface area contributed by atoms with Crippen LogP contribution in [0.5, 0.6) is 0 Å². The maximum atomic E-state index is 11.5. The summed E-state index contributed by atoms with van der Waals surface area (Å²) in [7, 11) is -1.95. The van der Waals surface area contributed by atoms with Crippen LogP contribution in [0.15, 0.2) is 29.4 Å². The van der Waals surface area contributed by atoms with Crippen LogP contribution >= 0.6 is 0 Å². The lowest BCUT2D eigenvalue weighted by molar-refractivity contribution is -0.152. The summed E-state index contributed by atoms with van der Waals surface area (Å²) in [5, 5.41) is 23.1. The number of rotatable bonds is 5. The van der Waals surface area contributed by atoms with Gasteiger partial charge in [-0.2, -0.15) is 0 Å². The van der Waals surface area contributed by atoms with Gasteiger partial charge in [-0.15, -0.1) is 0 Å². The van der Waals surface area contributed by atoms with Crippen LogP contribution in [-0.4, -0.2) is 43.4 Å². The molecule has 6 nitrogen and oxygen atoms in total. The number of carbonyl (C=O) groups is 1. The lowest BCUT2D eigenvalue weighted by atomic mass is 10.0. The topological polar surface area (TPSA) is 96.2 Å². The molecule has 1 aromatic carbocycles. The minimum absolute atomic E-state index is 0.293. The van der Waals surface area contributed by atoms with Gasteiger partial charge in [0, 0.05) is 31.1 Å². The molecule has 0 saturated heterocycles. The van der Waals surface area contributed by atoms with Crippen LogP contribution in [0.3, 0.4) is 0 Å². The maximum absolute atomic E-state index is 11.5. The molecule has 0 saturated carbocycles. The van der Waals surface area contributed by atoms with Crippen molar-refractivity contribution in [3.63, 3.8) is 0 Å².